The summed E-state index contributed by atoms with van der Waals surface area (Å²) < 4.78 is 12.8. The minimum atomic E-state index is -0.146. The summed E-state index contributed by atoms with van der Waals surface area (Å²) in [5.74, 6) is 1.40. The van der Waals surface area contributed by atoms with Crippen molar-refractivity contribution >= 4 is 5.91 Å². The molecule has 0 aliphatic carbocycles. The number of nitrogens with zero attached hydrogens (tertiary/aromatic N) is 3. The van der Waals surface area contributed by atoms with Crippen LogP contribution in [0.15, 0.2) is 35.1 Å². The average molecular weight is 372 g/mol. The molecule has 27 heavy (non-hydrogen) atoms. The second-order valence-electron chi connectivity index (χ2n) is 7.64. The summed E-state index contributed by atoms with van der Waals surface area (Å²) in [6, 6.07) is 5.54. The van der Waals surface area contributed by atoms with Crippen molar-refractivity contribution in [1.82, 2.24) is 20.0 Å². The molecule has 1 saturated heterocycles. The molecule has 0 unspecified atom stereocenters. The highest BCUT2D eigenvalue weighted by atomic mass is 16.5. The Morgan fingerprint density at radius 2 is 2.11 bits per heavy atom. The van der Waals surface area contributed by atoms with Gasteiger partial charge in [-0.15, -0.1) is 0 Å². The Morgan fingerprint density at radius 3 is 2.93 bits per heavy atom. The third-order valence-electron chi connectivity index (χ3n) is 5.58. The number of amides is 1. The molecule has 1 fully saturated rings. The summed E-state index contributed by atoms with van der Waals surface area (Å²) >= 11 is 0. The molecule has 0 spiro atoms. The van der Waals surface area contributed by atoms with Crippen molar-refractivity contribution in [3.05, 3.63) is 42.1 Å². The van der Waals surface area contributed by atoms with E-state index < -0.39 is 0 Å². The predicted molar refractivity (Wildman–Crippen MR) is 100 cm³/mol. The Kier molecular flexibility index (Phi) is 5.89. The maximum Gasteiger partial charge on any atom is 0.286 e. The number of fused-ring (bicyclic) bond motifs is 1. The van der Waals surface area contributed by atoms with E-state index in [9.17, 15) is 4.79 Å². The highest BCUT2D eigenvalue weighted by Crippen LogP contribution is 2.22. The molecule has 146 valence electrons. The second-order valence-corrected chi connectivity index (χ2v) is 7.64. The zero-order chi connectivity index (χ0) is 18.5. The molecule has 0 bridgehead atoms. The van der Waals surface area contributed by atoms with Gasteiger partial charge < -0.3 is 14.5 Å². The number of carbonyl (C=O) groups is 1. The van der Waals surface area contributed by atoms with Crippen LogP contribution in [-0.4, -0.2) is 53.4 Å². The molecule has 2 aromatic rings. The van der Waals surface area contributed by atoms with Crippen molar-refractivity contribution in [2.24, 2.45) is 11.8 Å². The van der Waals surface area contributed by atoms with Crippen molar-refractivity contribution in [2.75, 3.05) is 32.8 Å². The van der Waals surface area contributed by atoms with Gasteiger partial charge in [0.2, 0.25) is 0 Å². The van der Waals surface area contributed by atoms with Crippen LogP contribution in [-0.2, 0) is 17.8 Å². The lowest BCUT2D eigenvalue weighted by atomic mass is 9.98. The van der Waals surface area contributed by atoms with Gasteiger partial charge in [-0.1, -0.05) is 0 Å². The molecular weight excluding hydrogens is 344 g/mol. The number of carbonyl (C=O) groups excluding carboxylic acids is 1. The standard InChI is InChI=1S/C20H28N4O3/c25-20(19-2-1-9-27-19)21-7-3-17-13-23(12-16-5-10-26-11-6-16)15-18-4-8-22-24(18)14-17/h1-2,4,8-9,16-17H,3,5-7,10-15H2,(H,21,25)/t17-/m1/s1. The molecule has 2 aliphatic heterocycles. The SMILES string of the molecule is O=C(NCC[C@@H]1CN(CC2CCOCC2)Cc2ccnn2C1)c1ccco1. The van der Waals surface area contributed by atoms with Gasteiger partial charge in [-0.3, -0.25) is 14.4 Å². The Morgan fingerprint density at radius 1 is 1.22 bits per heavy atom. The van der Waals surface area contributed by atoms with E-state index in [0.717, 1.165) is 58.7 Å². The summed E-state index contributed by atoms with van der Waals surface area (Å²) in [6.07, 6.45) is 6.64. The lowest BCUT2D eigenvalue weighted by molar-refractivity contribution is 0.0493. The topological polar surface area (TPSA) is 72.5 Å². The van der Waals surface area contributed by atoms with Crippen molar-refractivity contribution in [2.45, 2.75) is 32.4 Å². The molecular formula is C20H28N4O3. The fraction of sp³-hybridized carbons (Fsp3) is 0.600. The highest BCUT2D eigenvalue weighted by molar-refractivity contribution is 5.91. The maximum atomic E-state index is 12.1. The van der Waals surface area contributed by atoms with Crippen LogP contribution in [0.5, 0.6) is 0 Å². The summed E-state index contributed by atoms with van der Waals surface area (Å²) in [7, 11) is 0. The van der Waals surface area contributed by atoms with E-state index in [1.54, 1.807) is 12.1 Å². The van der Waals surface area contributed by atoms with E-state index in [1.165, 1.54) is 12.0 Å². The largest absolute Gasteiger partial charge is 0.459 e. The molecule has 0 saturated carbocycles. The number of hydrogen-bond acceptors (Lipinski definition) is 5. The van der Waals surface area contributed by atoms with Gasteiger partial charge in [0.1, 0.15) is 0 Å². The minimum absolute atomic E-state index is 0.146. The van der Waals surface area contributed by atoms with Gasteiger partial charge in [0.05, 0.1) is 12.0 Å². The van der Waals surface area contributed by atoms with E-state index in [4.69, 9.17) is 9.15 Å². The summed E-state index contributed by atoms with van der Waals surface area (Å²) in [6.45, 7) is 6.43. The van der Waals surface area contributed by atoms with Crippen LogP contribution in [0.3, 0.4) is 0 Å². The Hall–Kier alpha value is -2.12. The van der Waals surface area contributed by atoms with Crippen molar-refractivity contribution in [1.29, 1.82) is 0 Å². The lowest BCUT2D eigenvalue weighted by Gasteiger charge is -2.30. The number of nitrogens with one attached hydrogen (secondary N) is 1. The van der Waals surface area contributed by atoms with E-state index in [1.807, 2.05) is 6.20 Å². The first-order valence-corrected chi connectivity index (χ1v) is 9.90. The van der Waals surface area contributed by atoms with Gasteiger partial charge in [-0.2, -0.15) is 5.10 Å². The molecule has 4 rings (SSSR count). The van der Waals surface area contributed by atoms with Gasteiger partial charge in [0, 0.05) is 52.1 Å². The molecule has 4 heterocycles. The van der Waals surface area contributed by atoms with Crippen molar-refractivity contribution in [3.63, 3.8) is 0 Å². The van der Waals surface area contributed by atoms with Gasteiger partial charge in [0.25, 0.3) is 5.91 Å². The molecule has 0 radical (unpaired) electrons. The molecule has 7 nitrogen and oxygen atoms in total. The van der Waals surface area contributed by atoms with Crippen molar-refractivity contribution in [3.8, 4) is 0 Å². The Labute approximate surface area is 159 Å². The molecule has 7 heteroatoms. The minimum Gasteiger partial charge on any atom is -0.459 e. The van der Waals surface area contributed by atoms with E-state index >= 15 is 0 Å². The average Bonchev–Trinajstić information content (AvgIpc) is 3.32. The van der Waals surface area contributed by atoms with Crippen LogP contribution in [0.25, 0.3) is 0 Å². The van der Waals surface area contributed by atoms with Crippen LogP contribution in [0.4, 0.5) is 0 Å². The van der Waals surface area contributed by atoms with E-state index in [2.05, 4.69) is 26.1 Å². The zero-order valence-electron chi connectivity index (χ0n) is 15.7. The first kappa shape index (κ1) is 18.3. The number of ether oxygens (including phenoxy) is 1. The Balaban J connectivity index is 1.34. The van der Waals surface area contributed by atoms with Crippen LogP contribution in [0.1, 0.15) is 35.5 Å². The molecule has 1 atom stereocenters. The first-order valence-electron chi connectivity index (χ1n) is 9.90. The molecule has 2 aliphatic rings. The third kappa shape index (κ3) is 4.78. The second kappa shape index (κ2) is 8.71. The molecule has 1 N–H and O–H groups in total. The summed E-state index contributed by atoms with van der Waals surface area (Å²) in [5, 5.41) is 7.47. The fourth-order valence-corrected chi connectivity index (χ4v) is 4.12. The normalized spacial score (nSPS) is 21.6. The Bertz CT molecular complexity index is 721. The van der Waals surface area contributed by atoms with Gasteiger partial charge in [-0.05, 0) is 49.3 Å². The maximum absolute atomic E-state index is 12.1. The quantitative estimate of drug-likeness (QED) is 0.841. The van der Waals surface area contributed by atoms with Gasteiger partial charge in [0.15, 0.2) is 5.76 Å². The molecule has 0 aromatic carbocycles. The van der Waals surface area contributed by atoms with Crippen LogP contribution < -0.4 is 5.32 Å². The van der Waals surface area contributed by atoms with Crippen molar-refractivity contribution < 1.29 is 13.9 Å². The summed E-state index contributed by atoms with van der Waals surface area (Å²) in [5.41, 5.74) is 1.28. The fourth-order valence-electron chi connectivity index (χ4n) is 4.12. The number of hydrogen-bond donors (Lipinski definition) is 1. The smallest absolute Gasteiger partial charge is 0.286 e. The van der Waals surface area contributed by atoms with Gasteiger partial charge >= 0.3 is 0 Å². The molecule has 1 amide bonds. The van der Waals surface area contributed by atoms with E-state index in [0.29, 0.717) is 24.1 Å². The molecule has 2 aromatic heterocycles. The highest BCUT2D eigenvalue weighted by Gasteiger charge is 2.25. The monoisotopic (exact) mass is 372 g/mol. The first-order chi connectivity index (χ1) is 13.3. The van der Waals surface area contributed by atoms with Crippen LogP contribution >= 0.6 is 0 Å². The van der Waals surface area contributed by atoms with Gasteiger partial charge in [-0.25, -0.2) is 0 Å². The summed E-state index contributed by atoms with van der Waals surface area (Å²) in [4.78, 5) is 14.6. The predicted octanol–water partition coefficient (Wildman–Crippen LogP) is 2.15. The zero-order valence-corrected chi connectivity index (χ0v) is 15.7. The number of rotatable bonds is 6. The number of furan rings is 1. The van der Waals surface area contributed by atoms with E-state index in [-0.39, 0.29) is 5.91 Å². The lowest BCUT2D eigenvalue weighted by Crippen LogP contribution is -2.35. The van der Waals surface area contributed by atoms with Crippen LogP contribution in [0, 0.1) is 11.8 Å². The van der Waals surface area contributed by atoms with Crippen LogP contribution in [0.2, 0.25) is 0 Å². The third-order valence-corrected chi connectivity index (χ3v) is 5.58. The number of aromatic nitrogens is 2.